The van der Waals surface area contributed by atoms with E-state index in [1.807, 2.05) is 78.9 Å². The molecule has 0 aliphatic carbocycles. The van der Waals surface area contributed by atoms with E-state index in [0.717, 1.165) is 22.4 Å². The Balaban J connectivity index is 1.45. The number of benzene rings is 3. The lowest BCUT2D eigenvalue weighted by molar-refractivity contribution is -0.210. The molecule has 3 aromatic carbocycles. The van der Waals surface area contributed by atoms with Gasteiger partial charge >= 0.3 is 5.97 Å². The minimum Gasteiger partial charge on any atom is -0.438 e. The van der Waals surface area contributed by atoms with Crippen LogP contribution in [0.2, 0.25) is 0 Å². The predicted molar refractivity (Wildman–Crippen MR) is 130 cm³/mol. The number of nitrogens with zero attached hydrogens (tertiary/aromatic N) is 2. The van der Waals surface area contributed by atoms with Crippen molar-refractivity contribution in [2.75, 3.05) is 6.54 Å². The number of carbonyl (C=O) groups excluding carboxylic acids is 1. The Morgan fingerprint density at radius 3 is 2.46 bits per heavy atom. The highest BCUT2D eigenvalue weighted by atomic mass is 17.2. The summed E-state index contributed by atoms with van der Waals surface area (Å²) in [5, 5.41) is 10.5. The molecule has 1 aliphatic heterocycles. The van der Waals surface area contributed by atoms with Gasteiger partial charge in [-0.15, -0.1) is 0 Å². The molecular formula is C28H26N2O5. The molecular weight excluding hydrogens is 444 g/mol. The van der Waals surface area contributed by atoms with Crippen LogP contribution in [0.15, 0.2) is 89.3 Å². The summed E-state index contributed by atoms with van der Waals surface area (Å²) in [5.74, 6) is 1.20. The fourth-order valence-corrected chi connectivity index (χ4v) is 4.40. The molecule has 1 saturated heterocycles. The molecule has 1 aliphatic rings. The van der Waals surface area contributed by atoms with Crippen molar-refractivity contribution in [3.8, 4) is 28.3 Å². The normalized spacial score (nSPS) is 17.9. The molecule has 0 saturated carbocycles. The van der Waals surface area contributed by atoms with Crippen molar-refractivity contribution in [2.45, 2.75) is 32.0 Å². The summed E-state index contributed by atoms with van der Waals surface area (Å²) in [5.41, 5.74) is 3.66. The highest BCUT2D eigenvalue weighted by molar-refractivity contribution is 5.76. The third kappa shape index (κ3) is 5.26. The van der Waals surface area contributed by atoms with Gasteiger partial charge in [-0.2, -0.15) is 0 Å². The maximum absolute atomic E-state index is 11.1. The average Bonchev–Trinajstić information content (AvgIpc) is 3.48. The predicted octanol–water partition coefficient (Wildman–Crippen LogP) is 5.17. The first-order valence-corrected chi connectivity index (χ1v) is 11.5. The second kappa shape index (κ2) is 10.1. The SMILES string of the molecule is CC(=O)OOc1cccc(CN2C[C@H](O)C[C@@H]2c2nc(-c3ccccc3)c(-c3ccccc3)o2)c1. The lowest BCUT2D eigenvalue weighted by atomic mass is 10.1. The van der Waals surface area contributed by atoms with Crippen LogP contribution < -0.4 is 4.89 Å². The number of β-amino-alcohol motifs (C(OH)–C–C–N with tert-alkyl or cyclic N) is 1. The first kappa shape index (κ1) is 22.8. The summed E-state index contributed by atoms with van der Waals surface area (Å²) in [6.07, 6.45) is 0.0276. The summed E-state index contributed by atoms with van der Waals surface area (Å²) < 4.78 is 6.40. The van der Waals surface area contributed by atoms with Crippen molar-refractivity contribution in [3.05, 3.63) is 96.4 Å². The molecule has 0 bridgehead atoms. The second-order valence-corrected chi connectivity index (χ2v) is 8.60. The van der Waals surface area contributed by atoms with E-state index in [0.29, 0.717) is 36.9 Å². The Morgan fingerprint density at radius 1 is 1.03 bits per heavy atom. The zero-order chi connectivity index (χ0) is 24.2. The fraction of sp³-hybridized carbons (Fsp3) is 0.214. The van der Waals surface area contributed by atoms with Gasteiger partial charge in [0.15, 0.2) is 11.5 Å². The Hall–Kier alpha value is -3.94. The highest BCUT2D eigenvalue weighted by Crippen LogP contribution is 2.39. The molecule has 35 heavy (non-hydrogen) atoms. The number of hydrogen-bond donors (Lipinski definition) is 1. The van der Waals surface area contributed by atoms with Crippen LogP contribution in [0.3, 0.4) is 0 Å². The van der Waals surface area contributed by atoms with E-state index in [1.54, 1.807) is 6.07 Å². The third-order valence-electron chi connectivity index (χ3n) is 5.93. The molecule has 2 heterocycles. The van der Waals surface area contributed by atoms with Crippen molar-refractivity contribution in [1.29, 1.82) is 0 Å². The Kier molecular flexibility index (Phi) is 6.61. The number of carbonyl (C=O) groups is 1. The first-order valence-electron chi connectivity index (χ1n) is 11.5. The minimum absolute atomic E-state index is 0.192. The number of hydrogen-bond acceptors (Lipinski definition) is 7. The van der Waals surface area contributed by atoms with Gasteiger partial charge in [0, 0.05) is 31.1 Å². The van der Waals surface area contributed by atoms with Crippen molar-refractivity contribution in [3.63, 3.8) is 0 Å². The van der Waals surface area contributed by atoms with E-state index in [2.05, 4.69) is 9.79 Å². The molecule has 0 spiro atoms. The molecule has 1 aromatic heterocycles. The van der Waals surface area contributed by atoms with E-state index in [4.69, 9.17) is 14.3 Å². The van der Waals surface area contributed by atoms with E-state index in [-0.39, 0.29) is 6.04 Å². The molecule has 2 atom stereocenters. The van der Waals surface area contributed by atoms with Gasteiger partial charge in [-0.1, -0.05) is 72.8 Å². The van der Waals surface area contributed by atoms with Crippen LogP contribution in [-0.2, 0) is 16.2 Å². The molecule has 4 aromatic rings. The minimum atomic E-state index is -0.523. The van der Waals surface area contributed by atoms with Crippen LogP contribution in [-0.4, -0.2) is 33.6 Å². The standard InChI is InChI=1S/C28H26N2O5/c1-19(31)34-35-24-14-8-9-20(15-24)17-30-18-23(32)16-25(30)28-29-26(21-10-4-2-5-11-21)27(33-28)22-12-6-3-7-13-22/h2-15,23,25,32H,16-18H2,1H3/t23-,25-/m1/s1. The number of aliphatic hydroxyl groups excluding tert-OH is 1. The van der Waals surface area contributed by atoms with Gasteiger partial charge in [0.05, 0.1) is 12.1 Å². The van der Waals surface area contributed by atoms with E-state index in [1.165, 1.54) is 6.92 Å². The Morgan fingerprint density at radius 2 is 1.74 bits per heavy atom. The Bertz CT molecular complexity index is 1230. The van der Waals surface area contributed by atoms with Gasteiger partial charge in [-0.25, -0.2) is 9.78 Å². The zero-order valence-electron chi connectivity index (χ0n) is 19.3. The zero-order valence-corrected chi connectivity index (χ0v) is 19.3. The molecule has 178 valence electrons. The summed E-state index contributed by atoms with van der Waals surface area (Å²) >= 11 is 0. The summed E-state index contributed by atoms with van der Waals surface area (Å²) in [6.45, 7) is 2.32. The van der Waals surface area contributed by atoms with Crippen LogP contribution in [0.25, 0.3) is 22.6 Å². The number of rotatable bonds is 7. The molecule has 0 unspecified atom stereocenters. The highest BCUT2D eigenvalue weighted by Gasteiger charge is 2.36. The van der Waals surface area contributed by atoms with Crippen molar-refractivity contribution in [1.82, 2.24) is 9.88 Å². The van der Waals surface area contributed by atoms with Crippen molar-refractivity contribution >= 4 is 5.97 Å². The van der Waals surface area contributed by atoms with Crippen LogP contribution in [0.1, 0.15) is 30.8 Å². The number of aromatic nitrogens is 1. The van der Waals surface area contributed by atoms with Gasteiger partial charge in [0.2, 0.25) is 5.89 Å². The smallest absolute Gasteiger partial charge is 0.352 e. The Labute approximate surface area is 203 Å². The monoisotopic (exact) mass is 470 g/mol. The maximum atomic E-state index is 11.1. The fourth-order valence-electron chi connectivity index (χ4n) is 4.40. The third-order valence-corrected chi connectivity index (χ3v) is 5.93. The van der Waals surface area contributed by atoms with Crippen LogP contribution in [0.4, 0.5) is 0 Å². The molecule has 1 fully saturated rings. The number of aliphatic hydroxyl groups is 1. The van der Waals surface area contributed by atoms with Crippen molar-refractivity contribution in [2.24, 2.45) is 0 Å². The van der Waals surface area contributed by atoms with E-state index >= 15 is 0 Å². The molecule has 7 nitrogen and oxygen atoms in total. The molecule has 0 amide bonds. The van der Waals surface area contributed by atoms with Gasteiger partial charge in [-0.3, -0.25) is 14.7 Å². The van der Waals surface area contributed by atoms with Crippen LogP contribution >= 0.6 is 0 Å². The number of likely N-dealkylation sites (tertiary alicyclic amines) is 1. The topological polar surface area (TPSA) is 85.0 Å². The number of oxazole rings is 1. The molecule has 0 radical (unpaired) electrons. The first-order chi connectivity index (χ1) is 17.1. The lowest BCUT2D eigenvalue weighted by Crippen LogP contribution is -2.24. The van der Waals surface area contributed by atoms with E-state index in [9.17, 15) is 9.90 Å². The van der Waals surface area contributed by atoms with Gasteiger partial charge in [0.25, 0.3) is 0 Å². The molecule has 1 N–H and O–H groups in total. The quantitative estimate of drug-likeness (QED) is 0.294. The lowest BCUT2D eigenvalue weighted by Gasteiger charge is -2.21. The molecule has 5 rings (SSSR count). The second-order valence-electron chi connectivity index (χ2n) is 8.60. The van der Waals surface area contributed by atoms with Gasteiger partial charge < -0.3 is 9.52 Å². The largest absolute Gasteiger partial charge is 0.438 e. The molecule has 7 heteroatoms. The van der Waals surface area contributed by atoms with E-state index < -0.39 is 12.1 Å². The average molecular weight is 471 g/mol. The summed E-state index contributed by atoms with van der Waals surface area (Å²) in [7, 11) is 0. The van der Waals surface area contributed by atoms with Crippen LogP contribution in [0.5, 0.6) is 5.75 Å². The van der Waals surface area contributed by atoms with Crippen molar-refractivity contribution < 1.29 is 24.1 Å². The summed E-state index contributed by atoms with van der Waals surface area (Å²) in [4.78, 5) is 27.8. The van der Waals surface area contributed by atoms with Crippen LogP contribution in [0, 0.1) is 0 Å². The van der Waals surface area contributed by atoms with Gasteiger partial charge in [0.1, 0.15) is 5.69 Å². The summed E-state index contributed by atoms with van der Waals surface area (Å²) in [6, 6.07) is 27.0. The maximum Gasteiger partial charge on any atom is 0.352 e. The van der Waals surface area contributed by atoms with Gasteiger partial charge in [-0.05, 0) is 24.1 Å².